The Labute approximate surface area is 208 Å². The molecule has 9 heteroatoms. The zero-order valence-electron chi connectivity index (χ0n) is 19.7. The van der Waals surface area contributed by atoms with E-state index >= 15 is 0 Å². The number of aromatic nitrogens is 3. The third kappa shape index (κ3) is 5.34. The van der Waals surface area contributed by atoms with E-state index in [4.69, 9.17) is 21.3 Å². The van der Waals surface area contributed by atoms with Crippen LogP contribution >= 0.6 is 11.6 Å². The molecule has 0 saturated heterocycles. The van der Waals surface area contributed by atoms with E-state index in [0.717, 1.165) is 5.56 Å². The fraction of sp³-hybridized carbons (Fsp3) is 0.231. The van der Waals surface area contributed by atoms with Gasteiger partial charge in [0.05, 0.1) is 29.2 Å². The number of nitrogens with one attached hydrogen (secondary N) is 2. The van der Waals surface area contributed by atoms with E-state index in [9.17, 15) is 9.59 Å². The van der Waals surface area contributed by atoms with E-state index in [1.807, 2.05) is 47.9 Å². The second kappa shape index (κ2) is 10.7. The van der Waals surface area contributed by atoms with Gasteiger partial charge >= 0.3 is 0 Å². The first kappa shape index (κ1) is 24.4. The molecule has 1 atom stereocenters. The van der Waals surface area contributed by atoms with Crippen molar-refractivity contribution in [2.45, 2.75) is 26.4 Å². The summed E-state index contributed by atoms with van der Waals surface area (Å²) in [6, 6.07) is 16.0. The van der Waals surface area contributed by atoms with Crippen LogP contribution in [0.5, 0.6) is 0 Å². The van der Waals surface area contributed by atoms with Crippen molar-refractivity contribution in [2.75, 3.05) is 19.0 Å². The number of fused-ring (bicyclic) bond motifs is 1. The number of amides is 2. The van der Waals surface area contributed by atoms with E-state index in [1.165, 1.54) is 6.92 Å². The fourth-order valence-electron chi connectivity index (χ4n) is 3.99. The van der Waals surface area contributed by atoms with Crippen LogP contribution in [-0.4, -0.2) is 40.1 Å². The van der Waals surface area contributed by atoms with Gasteiger partial charge < -0.3 is 19.9 Å². The van der Waals surface area contributed by atoms with Crippen LogP contribution in [0.4, 0.5) is 5.69 Å². The molecule has 35 heavy (non-hydrogen) atoms. The summed E-state index contributed by atoms with van der Waals surface area (Å²) in [5.74, 6) is 0.0375. The summed E-state index contributed by atoms with van der Waals surface area (Å²) in [5.41, 5.74) is 3.50. The standard InChI is InChI=1S/C26H26ClN5O3/c1-16(19-8-4-5-9-21(19)27)29-26(34)20-14-18(30-17(2)33)15-23-24(20)32(12-13-35-3)25(31-23)22-10-6-7-11-28-22/h4-11,14-16H,12-13H2,1-3H3,(H,29,34)(H,30,33)/t16-/m0/s1. The number of halogens is 1. The molecule has 2 heterocycles. The number of nitrogens with zero attached hydrogens (tertiary/aromatic N) is 3. The first-order chi connectivity index (χ1) is 16.9. The summed E-state index contributed by atoms with van der Waals surface area (Å²) < 4.78 is 7.25. The summed E-state index contributed by atoms with van der Waals surface area (Å²) in [6.07, 6.45) is 1.69. The van der Waals surface area contributed by atoms with Crippen LogP contribution in [-0.2, 0) is 16.1 Å². The van der Waals surface area contributed by atoms with E-state index in [2.05, 4.69) is 15.6 Å². The Balaban J connectivity index is 1.86. The minimum absolute atomic E-state index is 0.246. The van der Waals surface area contributed by atoms with Crippen molar-refractivity contribution in [3.63, 3.8) is 0 Å². The van der Waals surface area contributed by atoms with Crippen molar-refractivity contribution in [3.8, 4) is 11.5 Å². The van der Waals surface area contributed by atoms with Gasteiger partial charge in [0.25, 0.3) is 5.91 Å². The van der Waals surface area contributed by atoms with Gasteiger partial charge in [-0.05, 0) is 42.8 Å². The van der Waals surface area contributed by atoms with Crippen LogP contribution in [0.1, 0.15) is 35.8 Å². The van der Waals surface area contributed by atoms with Crippen molar-refractivity contribution < 1.29 is 14.3 Å². The SMILES string of the molecule is COCCn1c(-c2ccccn2)nc2cc(NC(C)=O)cc(C(=O)N[C@@H](C)c3ccccc3Cl)c21. The van der Waals surface area contributed by atoms with Crippen LogP contribution in [0.2, 0.25) is 5.02 Å². The second-order valence-corrected chi connectivity index (χ2v) is 8.49. The van der Waals surface area contributed by atoms with Crippen LogP contribution in [0.25, 0.3) is 22.6 Å². The lowest BCUT2D eigenvalue weighted by molar-refractivity contribution is -0.114. The normalized spacial score (nSPS) is 11.9. The average Bonchev–Trinajstić information content (AvgIpc) is 3.20. The van der Waals surface area contributed by atoms with Crippen molar-refractivity contribution in [1.29, 1.82) is 0 Å². The maximum absolute atomic E-state index is 13.6. The molecule has 2 aromatic heterocycles. The third-order valence-corrected chi connectivity index (χ3v) is 5.88. The fourth-order valence-corrected chi connectivity index (χ4v) is 4.29. The third-order valence-electron chi connectivity index (χ3n) is 5.54. The number of carbonyl (C=O) groups excluding carboxylic acids is 2. The molecule has 0 fully saturated rings. The Bertz CT molecular complexity index is 1370. The monoisotopic (exact) mass is 491 g/mol. The molecule has 0 aliphatic rings. The Morgan fingerprint density at radius 1 is 1.14 bits per heavy atom. The van der Waals surface area contributed by atoms with Crippen LogP contribution in [0.3, 0.4) is 0 Å². The number of anilines is 1. The van der Waals surface area contributed by atoms with Gasteiger partial charge in [0, 0.05) is 37.5 Å². The molecule has 2 N–H and O–H groups in total. The summed E-state index contributed by atoms with van der Waals surface area (Å²) in [7, 11) is 1.62. The highest BCUT2D eigenvalue weighted by molar-refractivity contribution is 6.31. The first-order valence-corrected chi connectivity index (χ1v) is 11.5. The number of pyridine rings is 1. The topological polar surface area (TPSA) is 98.1 Å². The van der Waals surface area contributed by atoms with Gasteiger partial charge in [-0.25, -0.2) is 4.98 Å². The minimum atomic E-state index is -0.346. The zero-order valence-corrected chi connectivity index (χ0v) is 20.5. The number of benzene rings is 2. The molecule has 0 spiro atoms. The number of methoxy groups -OCH3 is 1. The maximum Gasteiger partial charge on any atom is 0.254 e. The highest BCUT2D eigenvalue weighted by Gasteiger charge is 2.23. The molecule has 8 nitrogen and oxygen atoms in total. The molecule has 0 radical (unpaired) electrons. The smallest absolute Gasteiger partial charge is 0.254 e. The quantitative estimate of drug-likeness (QED) is 0.367. The predicted molar refractivity (Wildman–Crippen MR) is 136 cm³/mol. The van der Waals surface area contributed by atoms with Crippen LogP contribution in [0.15, 0.2) is 60.8 Å². The number of hydrogen-bond acceptors (Lipinski definition) is 5. The van der Waals surface area contributed by atoms with Gasteiger partial charge in [0.1, 0.15) is 5.69 Å². The molecule has 2 amide bonds. The van der Waals surface area contributed by atoms with E-state index in [1.54, 1.807) is 31.5 Å². The van der Waals surface area contributed by atoms with Gasteiger partial charge in [-0.3, -0.25) is 14.6 Å². The maximum atomic E-state index is 13.6. The number of carbonyl (C=O) groups is 2. The Morgan fingerprint density at radius 2 is 1.91 bits per heavy atom. The largest absolute Gasteiger partial charge is 0.383 e. The Morgan fingerprint density at radius 3 is 2.60 bits per heavy atom. The van der Waals surface area contributed by atoms with E-state index in [-0.39, 0.29) is 17.9 Å². The first-order valence-electron chi connectivity index (χ1n) is 11.2. The lowest BCUT2D eigenvalue weighted by Crippen LogP contribution is -2.27. The Kier molecular flexibility index (Phi) is 7.43. The van der Waals surface area contributed by atoms with Crippen LogP contribution in [0, 0.1) is 0 Å². The molecule has 2 aromatic carbocycles. The van der Waals surface area contributed by atoms with Gasteiger partial charge in [-0.1, -0.05) is 35.9 Å². The molecule has 0 unspecified atom stereocenters. The number of rotatable bonds is 8. The highest BCUT2D eigenvalue weighted by Crippen LogP contribution is 2.30. The summed E-state index contributed by atoms with van der Waals surface area (Å²) in [4.78, 5) is 34.6. The van der Waals surface area contributed by atoms with Gasteiger partial charge in [-0.2, -0.15) is 0 Å². The molecular weight excluding hydrogens is 466 g/mol. The summed E-state index contributed by atoms with van der Waals surface area (Å²) in [5, 5.41) is 6.37. The van der Waals surface area contributed by atoms with Crippen LogP contribution < -0.4 is 10.6 Å². The minimum Gasteiger partial charge on any atom is -0.383 e. The van der Waals surface area contributed by atoms with E-state index < -0.39 is 0 Å². The van der Waals surface area contributed by atoms with Gasteiger partial charge in [0.15, 0.2) is 5.82 Å². The molecule has 4 rings (SSSR count). The highest BCUT2D eigenvalue weighted by atomic mass is 35.5. The number of hydrogen-bond donors (Lipinski definition) is 2. The van der Waals surface area contributed by atoms with Crippen molar-refractivity contribution >= 4 is 40.1 Å². The van der Waals surface area contributed by atoms with Crippen molar-refractivity contribution in [1.82, 2.24) is 19.9 Å². The second-order valence-electron chi connectivity index (χ2n) is 8.08. The van der Waals surface area contributed by atoms with Gasteiger partial charge in [-0.15, -0.1) is 0 Å². The molecule has 0 aliphatic heterocycles. The van der Waals surface area contributed by atoms with Crippen molar-refractivity contribution in [3.05, 3.63) is 76.9 Å². The number of ether oxygens (including phenoxy) is 1. The Hall–Kier alpha value is -3.75. The number of imidazole rings is 1. The molecular formula is C26H26ClN5O3. The van der Waals surface area contributed by atoms with Crippen molar-refractivity contribution in [2.24, 2.45) is 0 Å². The lowest BCUT2D eigenvalue weighted by Gasteiger charge is -2.17. The average molecular weight is 492 g/mol. The predicted octanol–water partition coefficient (Wildman–Crippen LogP) is 4.85. The summed E-state index contributed by atoms with van der Waals surface area (Å²) >= 11 is 6.35. The lowest BCUT2D eigenvalue weighted by atomic mass is 10.1. The zero-order chi connectivity index (χ0) is 24.9. The van der Waals surface area contributed by atoms with E-state index in [0.29, 0.717) is 52.0 Å². The molecule has 4 aromatic rings. The molecule has 180 valence electrons. The molecule has 0 saturated carbocycles. The summed E-state index contributed by atoms with van der Waals surface area (Å²) in [6.45, 7) is 4.16. The molecule has 0 aliphatic carbocycles. The molecule has 0 bridgehead atoms. The van der Waals surface area contributed by atoms with Gasteiger partial charge in [0.2, 0.25) is 5.91 Å².